The van der Waals surface area contributed by atoms with Crippen LogP contribution in [0.15, 0.2) is 18.2 Å². The van der Waals surface area contributed by atoms with Crippen molar-refractivity contribution in [1.82, 2.24) is 9.80 Å². The van der Waals surface area contributed by atoms with Crippen molar-refractivity contribution in [2.24, 2.45) is 5.92 Å². The number of rotatable bonds is 5. The number of nitrogens with zero attached hydrogens (tertiary/aromatic N) is 2. The standard InChI is InChI=1S/C20H26F2N2O4/c1-27-16-7-5-6-15(17(16)28-20(21)22)19(26)24-12-8-14(9-13-24)18(25)23-10-3-2-4-11-23/h5-7,14,20H,2-4,8-13H2,1H3. The molecule has 0 bridgehead atoms. The first-order valence-electron chi connectivity index (χ1n) is 9.71. The largest absolute Gasteiger partial charge is 0.493 e. The van der Waals surface area contributed by atoms with Crippen LogP contribution in [0.5, 0.6) is 11.5 Å². The van der Waals surface area contributed by atoms with Crippen LogP contribution in [0.2, 0.25) is 0 Å². The van der Waals surface area contributed by atoms with Crippen LogP contribution in [0.3, 0.4) is 0 Å². The molecule has 1 aromatic carbocycles. The molecule has 3 rings (SSSR count). The summed E-state index contributed by atoms with van der Waals surface area (Å²) in [5.74, 6) is -0.463. The summed E-state index contributed by atoms with van der Waals surface area (Å²) in [6.07, 6.45) is 4.42. The van der Waals surface area contributed by atoms with Crippen LogP contribution in [-0.4, -0.2) is 61.5 Å². The molecule has 0 saturated carbocycles. The molecule has 0 radical (unpaired) electrons. The van der Waals surface area contributed by atoms with E-state index in [0.717, 1.165) is 25.9 Å². The van der Waals surface area contributed by atoms with Crippen molar-refractivity contribution in [3.05, 3.63) is 23.8 Å². The first kappa shape index (κ1) is 20.4. The van der Waals surface area contributed by atoms with Gasteiger partial charge in [-0.2, -0.15) is 8.78 Å². The van der Waals surface area contributed by atoms with Crippen LogP contribution in [0, 0.1) is 5.92 Å². The Bertz CT molecular complexity index is 699. The third-order valence-electron chi connectivity index (χ3n) is 5.44. The zero-order chi connectivity index (χ0) is 20.1. The third-order valence-corrected chi connectivity index (χ3v) is 5.44. The molecule has 2 aliphatic heterocycles. The molecule has 0 unspecified atom stereocenters. The van der Waals surface area contributed by atoms with Crippen molar-refractivity contribution < 1.29 is 27.8 Å². The van der Waals surface area contributed by atoms with Gasteiger partial charge in [-0.1, -0.05) is 6.07 Å². The number of ether oxygens (including phenoxy) is 2. The number of amides is 2. The van der Waals surface area contributed by atoms with Gasteiger partial charge in [0.05, 0.1) is 12.7 Å². The molecule has 0 N–H and O–H groups in total. The van der Waals surface area contributed by atoms with E-state index in [0.29, 0.717) is 25.9 Å². The predicted molar refractivity (Wildman–Crippen MR) is 98.7 cm³/mol. The number of carbonyl (C=O) groups is 2. The predicted octanol–water partition coefficient (Wildman–Crippen LogP) is 3.16. The van der Waals surface area contributed by atoms with Crippen molar-refractivity contribution in [2.75, 3.05) is 33.3 Å². The van der Waals surface area contributed by atoms with Crippen molar-refractivity contribution in [2.45, 2.75) is 38.7 Å². The van der Waals surface area contributed by atoms with Gasteiger partial charge in [0, 0.05) is 32.1 Å². The molecule has 2 heterocycles. The summed E-state index contributed by atoms with van der Waals surface area (Å²) in [5.41, 5.74) is 0.0421. The molecule has 0 atom stereocenters. The summed E-state index contributed by atoms with van der Waals surface area (Å²) in [5, 5.41) is 0. The number of alkyl halides is 2. The van der Waals surface area contributed by atoms with Gasteiger partial charge in [0.25, 0.3) is 5.91 Å². The number of halogens is 2. The average molecular weight is 396 g/mol. The van der Waals surface area contributed by atoms with Gasteiger partial charge in [0.2, 0.25) is 5.91 Å². The van der Waals surface area contributed by atoms with Crippen LogP contribution in [0.1, 0.15) is 42.5 Å². The van der Waals surface area contributed by atoms with E-state index in [1.807, 2.05) is 4.90 Å². The highest BCUT2D eigenvalue weighted by molar-refractivity contribution is 5.98. The monoisotopic (exact) mass is 396 g/mol. The summed E-state index contributed by atoms with van der Waals surface area (Å²) >= 11 is 0. The van der Waals surface area contributed by atoms with Gasteiger partial charge in [-0.3, -0.25) is 9.59 Å². The lowest BCUT2D eigenvalue weighted by Gasteiger charge is -2.35. The fourth-order valence-corrected chi connectivity index (χ4v) is 3.93. The van der Waals surface area contributed by atoms with E-state index in [-0.39, 0.29) is 28.9 Å². The van der Waals surface area contributed by atoms with Gasteiger partial charge < -0.3 is 19.3 Å². The van der Waals surface area contributed by atoms with Gasteiger partial charge >= 0.3 is 6.61 Å². The lowest BCUT2D eigenvalue weighted by molar-refractivity contribution is -0.137. The van der Waals surface area contributed by atoms with Gasteiger partial charge in [0.15, 0.2) is 11.5 Å². The van der Waals surface area contributed by atoms with E-state index in [9.17, 15) is 18.4 Å². The number of para-hydroxylation sites is 1. The molecular formula is C20H26F2N2O4. The maximum absolute atomic E-state index is 12.9. The Kier molecular flexibility index (Phi) is 6.70. The normalized spacial score (nSPS) is 18.3. The van der Waals surface area contributed by atoms with E-state index in [4.69, 9.17) is 4.74 Å². The van der Waals surface area contributed by atoms with Crippen LogP contribution in [-0.2, 0) is 4.79 Å². The van der Waals surface area contributed by atoms with Crippen LogP contribution in [0.25, 0.3) is 0 Å². The fraction of sp³-hybridized carbons (Fsp3) is 0.600. The highest BCUT2D eigenvalue weighted by Crippen LogP contribution is 2.34. The number of methoxy groups -OCH3 is 1. The van der Waals surface area contributed by atoms with E-state index in [1.54, 1.807) is 11.0 Å². The van der Waals surface area contributed by atoms with Gasteiger partial charge in [-0.15, -0.1) is 0 Å². The summed E-state index contributed by atoms with van der Waals surface area (Å²) in [4.78, 5) is 29.1. The first-order chi connectivity index (χ1) is 13.5. The number of likely N-dealkylation sites (tertiary alicyclic amines) is 2. The molecule has 28 heavy (non-hydrogen) atoms. The Labute approximate surface area is 163 Å². The number of carbonyl (C=O) groups excluding carboxylic acids is 2. The Balaban J connectivity index is 1.66. The van der Waals surface area contributed by atoms with E-state index in [1.165, 1.54) is 25.7 Å². The van der Waals surface area contributed by atoms with Gasteiger partial charge in [-0.25, -0.2) is 0 Å². The Hall–Kier alpha value is -2.38. The summed E-state index contributed by atoms with van der Waals surface area (Å²) in [7, 11) is 1.33. The fourth-order valence-electron chi connectivity index (χ4n) is 3.93. The number of benzene rings is 1. The SMILES string of the molecule is COc1cccc(C(=O)N2CCC(C(=O)N3CCCCC3)CC2)c1OC(F)F. The molecule has 1 aromatic rings. The maximum Gasteiger partial charge on any atom is 0.387 e. The molecule has 8 heteroatoms. The van der Waals surface area contributed by atoms with Gasteiger partial charge in [0.1, 0.15) is 0 Å². The molecule has 0 spiro atoms. The summed E-state index contributed by atoms with van der Waals surface area (Å²) < 4.78 is 35.2. The Morgan fingerprint density at radius 2 is 1.71 bits per heavy atom. The molecule has 6 nitrogen and oxygen atoms in total. The quantitative estimate of drug-likeness (QED) is 0.767. The molecule has 154 valence electrons. The second kappa shape index (κ2) is 9.21. The highest BCUT2D eigenvalue weighted by atomic mass is 19.3. The lowest BCUT2D eigenvalue weighted by atomic mass is 9.94. The number of hydrogen-bond acceptors (Lipinski definition) is 4. The van der Waals surface area contributed by atoms with Crippen molar-refractivity contribution in [3.8, 4) is 11.5 Å². The maximum atomic E-state index is 12.9. The smallest absolute Gasteiger partial charge is 0.387 e. The Morgan fingerprint density at radius 1 is 1.04 bits per heavy atom. The van der Waals surface area contributed by atoms with E-state index in [2.05, 4.69) is 4.74 Å². The van der Waals surface area contributed by atoms with Crippen LogP contribution < -0.4 is 9.47 Å². The first-order valence-corrected chi connectivity index (χ1v) is 9.71. The minimum atomic E-state index is -3.06. The molecule has 2 amide bonds. The second-order valence-corrected chi connectivity index (χ2v) is 7.17. The second-order valence-electron chi connectivity index (χ2n) is 7.17. The lowest BCUT2D eigenvalue weighted by Crippen LogP contribution is -2.45. The molecule has 2 saturated heterocycles. The molecule has 2 fully saturated rings. The minimum absolute atomic E-state index is 0.0421. The number of hydrogen-bond donors (Lipinski definition) is 0. The highest BCUT2D eigenvalue weighted by Gasteiger charge is 2.32. The van der Waals surface area contributed by atoms with E-state index >= 15 is 0 Å². The van der Waals surface area contributed by atoms with Gasteiger partial charge in [-0.05, 0) is 44.2 Å². The average Bonchev–Trinajstić information content (AvgIpc) is 2.73. The summed E-state index contributed by atoms with van der Waals surface area (Å²) in [6, 6.07) is 4.49. The van der Waals surface area contributed by atoms with Crippen LogP contribution >= 0.6 is 0 Å². The van der Waals surface area contributed by atoms with Crippen molar-refractivity contribution >= 4 is 11.8 Å². The topological polar surface area (TPSA) is 59.1 Å². The molecule has 2 aliphatic rings. The summed E-state index contributed by atoms with van der Waals surface area (Å²) in [6.45, 7) is -0.606. The minimum Gasteiger partial charge on any atom is -0.493 e. The zero-order valence-corrected chi connectivity index (χ0v) is 16.0. The molecular weight excluding hydrogens is 370 g/mol. The zero-order valence-electron chi connectivity index (χ0n) is 16.0. The molecule has 0 aliphatic carbocycles. The van der Waals surface area contributed by atoms with Crippen LogP contribution in [0.4, 0.5) is 8.78 Å². The van der Waals surface area contributed by atoms with E-state index < -0.39 is 12.5 Å². The number of piperidine rings is 2. The van der Waals surface area contributed by atoms with Crippen molar-refractivity contribution in [1.29, 1.82) is 0 Å². The third kappa shape index (κ3) is 4.54. The van der Waals surface area contributed by atoms with Crippen molar-refractivity contribution in [3.63, 3.8) is 0 Å². The molecule has 0 aromatic heterocycles. The Morgan fingerprint density at radius 3 is 2.32 bits per heavy atom.